The first-order valence-electron chi connectivity index (χ1n) is 4.48. The van der Waals surface area contributed by atoms with Gasteiger partial charge in [-0.05, 0) is 6.92 Å². The van der Waals surface area contributed by atoms with Crippen LogP contribution in [-0.2, 0) is 14.3 Å². The average Bonchev–Trinajstić information content (AvgIpc) is 2.48. The van der Waals surface area contributed by atoms with Gasteiger partial charge < -0.3 is 20.1 Å². The summed E-state index contributed by atoms with van der Waals surface area (Å²) in [7, 11) is 0. The van der Waals surface area contributed by atoms with E-state index in [4.69, 9.17) is 5.11 Å². The number of aliphatic carboxylic acids is 1. The minimum absolute atomic E-state index is 0.0209. The van der Waals surface area contributed by atoms with E-state index < -0.39 is 24.0 Å². The summed E-state index contributed by atoms with van der Waals surface area (Å²) in [5, 5.41) is 10.9. The van der Waals surface area contributed by atoms with Gasteiger partial charge in [0.05, 0.1) is 13.2 Å². The third kappa shape index (κ3) is 2.83. The number of nitrogens with zero attached hydrogens (tertiary/aromatic N) is 1. The molecule has 0 aromatic rings. The first kappa shape index (κ1) is 11.3. The summed E-state index contributed by atoms with van der Waals surface area (Å²) in [5.41, 5.74) is 0. The largest absolute Gasteiger partial charge is 0.480 e. The number of amides is 2. The molecule has 0 unspecified atom stereocenters. The summed E-state index contributed by atoms with van der Waals surface area (Å²) < 4.78 is 4.64. The molecule has 0 aromatic heterocycles. The van der Waals surface area contributed by atoms with Gasteiger partial charge in [-0.1, -0.05) is 0 Å². The van der Waals surface area contributed by atoms with Crippen molar-refractivity contribution in [2.75, 3.05) is 19.7 Å². The summed E-state index contributed by atoms with van der Waals surface area (Å²) >= 11 is 0. The summed E-state index contributed by atoms with van der Waals surface area (Å²) in [6.45, 7) is 1.65. The molecular formula is C8H12N2O5. The molecule has 15 heavy (non-hydrogen) atoms. The summed E-state index contributed by atoms with van der Waals surface area (Å²) in [5.74, 6) is -1.66. The third-order valence-electron chi connectivity index (χ3n) is 1.91. The van der Waals surface area contributed by atoms with Crippen LogP contribution < -0.4 is 5.32 Å². The van der Waals surface area contributed by atoms with Gasteiger partial charge in [0.15, 0.2) is 0 Å². The first-order chi connectivity index (χ1) is 7.04. The van der Waals surface area contributed by atoms with Crippen LogP contribution in [0.5, 0.6) is 0 Å². The van der Waals surface area contributed by atoms with Crippen molar-refractivity contribution in [3.8, 4) is 0 Å². The van der Waals surface area contributed by atoms with E-state index in [-0.39, 0.29) is 19.7 Å². The van der Waals surface area contributed by atoms with Crippen LogP contribution in [0.15, 0.2) is 0 Å². The van der Waals surface area contributed by atoms with Gasteiger partial charge in [-0.2, -0.15) is 0 Å². The van der Waals surface area contributed by atoms with Crippen molar-refractivity contribution in [1.29, 1.82) is 0 Å². The van der Waals surface area contributed by atoms with Crippen LogP contribution in [0.25, 0.3) is 0 Å². The zero-order chi connectivity index (χ0) is 11.4. The Hall–Kier alpha value is -1.79. The molecule has 1 heterocycles. The predicted octanol–water partition coefficient (Wildman–Crippen LogP) is -0.972. The molecule has 1 aliphatic heterocycles. The molecule has 84 valence electrons. The van der Waals surface area contributed by atoms with E-state index in [1.807, 2.05) is 0 Å². The van der Waals surface area contributed by atoms with Crippen molar-refractivity contribution in [2.45, 2.75) is 13.0 Å². The number of rotatable bonds is 4. The molecule has 1 fully saturated rings. The van der Waals surface area contributed by atoms with Gasteiger partial charge in [-0.15, -0.1) is 0 Å². The number of nitrogens with one attached hydrogen (secondary N) is 1. The van der Waals surface area contributed by atoms with Crippen LogP contribution in [0.3, 0.4) is 0 Å². The smallest absolute Gasteiger partial charge is 0.328 e. The van der Waals surface area contributed by atoms with E-state index in [2.05, 4.69) is 10.1 Å². The minimum Gasteiger partial charge on any atom is -0.480 e. The quantitative estimate of drug-likeness (QED) is 0.589. The first-order valence-corrected chi connectivity index (χ1v) is 4.48. The Morgan fingerprint density at radius 1 is 1.67 bits per heavy atom. The maximum atomic E-state index is 11.2. The van der Waals surface area contributed by atoms with Gasteiger partial charge in [0.1, 0.15) is 12.6 Å². The molecule has 0 aromatic carbocycles. The molecule has 7 nitrogen and oxygen atoms in total. The van der Waals surface area contributed by atoms with E-state index in [0.717, 1.165) is 4.90 Å². The number of carbonyl (C=O) groups excluding carboxylic acids is 2. The van der Waals surface area contributed by atoms with E-state index in [1.165, 1.54) is 0 Å². The Balaban J connectivity index is 2.47. The molecule has 1 aliphatic rings. The SMILES string of the molecule is CCOC(=O)CN1C[C@H](C(=O)O)NC1=O. The Labute approximate surface area is 86.0 Å². The molecule has 2 amide bonds. The van der Waals surface area contributed by atoms with E-state index in [1.54, 1.807) is 6.92 Å². The lowest BCUT2D eigenvalue weighted by Gasteiger charge is -2.12. The molecule has 0 aliphatic carbocycles. The van der Waals surface area contributed by atoms with Crippen LogP contribution in [0.1, 0.15) is 6.92 Å². The molecule has 0 radical (unpaired) electrons. The molecule has 1 rings (SSSR count). The van der Waals surface area contributed by atoms with Crippen LogP contribution in [0, 0.1) is 0 Å². The van der Waals surface area contributed by atoms with E-state index in [9.17, 15) is 14.4 Å². The number of esters is 1. The number of carboxylic acid groups (broad SMARTS) is 1. The van der Waals surface area contributed by atoms with Crippen LogP contribution in [0.2, 0.25) is 0 Å². The van der Waals surface area contributed by atoms with Crippen LogP contribution in [0.4, 0.5) is 4.79 Å². The number of hydrogen-bond acceptors (Lipinski definition) is 4. The van der Waals surface area contributed by atoms with Gasteiger partial charge in [0.25, 0.3) is 0 Å². The summed E-state index contributed by atoms with van der Waals surface area (Å²) in [6.07, 6.45) is 0. The number of carbonyl (C=O) groups is 3. The maximum absolute atomic E-state index is 11.2. The highest BCUT2D eigenvalue weighted by Gasteiger charge is 2.34. The molecular weight excluding hydrogens is 204 g/mol. The van der Waals surface area contributed by atoms with Gasteiger partial charge in [0, 0.05) is 0 Å². The lowest BCUT2D eigenvalue weighted by Crippen LogP contribution is -2.34. The Kier molecular flexibility index (Phi) is 3.48. The number of urea groups is 1. The monoisotopic (exact) mass is 216 g/mol. The fraction of sp³-hybridized carbons (Fsp3) is 0.625. The molecule has 7 heteroatoms. The zero-order valence-electron chi connectivity index (χ0n) is 8.23. The highest BCUT2D eigenvalue weighted by atomic mass is 16.5. The standard InChI is InChI=1S/C8H12N2O5/c1-2-15-6(11)4-10-3-5(7(12)13)9-8(10)14/h5H,2-4H2,1H3,(H,9,14)(H,12,13)/t5-/m1/s1. The Morgan fingerprint density at radius 2 is 2.33 bits per heavy atom. The second kappa shape index (κ2) is 4.63. The lowest BCUT2D eigenvalue weighted by atomic mass is 10.3. The molecule has 2 N–H and O–H groups in total. The van der Waals surface area contributed by atoms with Gasteiger partial charge in [0.2, 0.25) is 0 Å². The van der Waals surface area contributed by atoms with Crippen LogP contribution >= 0.6 is 0 Å². The number of carboxylic acids is 1. The highest BCUT2D eigenvalue weighted by Crippen LogP contribution is 2.04. The molecule has 1 atom stereocenters. The Bertz CT molecular complexity index is 291. The predicted molar refractivity (Wildman–Crippen MR) is 48.2 cm³/mol. The molecule has 0 bridgehead atoms. The van der Waals surface area contributed by atoms with Crippen molar-refractivity contribution < 1.29 is 24.2 Å². The van der Waals surface area contributed by atoms with E-state index in [0.29, 0.717) is 0 Å². The topological polar surface area (TPSA) is 95.9 Å². The van der Waals surface area contributed by atoms with Gasteiger partial charge in [-0.25, -0.2) is 9.59 Å². The van der Waals surface area contributed by atoms with E-state index >= 15 is 0 Å². The normalized spacial score (nSPS) is 19.9. The highest BCUT2D eigenvalue weighted by molar-refractivity contribution is 5.88. The number of hydrogen-bond donors (Lipinski definition) is 2. The van der Waals surface area contributed by atoms with Crippen molar-refractivity contribution in [3.63, 3.8) is 0 Å². The second-order valence-electron chi connectivity index (χ2n) is 3.03. The third-order valence-corrected chi connectivity index (χ3v) is 1.91. The fourth-order valence-electron chi connectivity index (χ4n) is 1.23. The minimum atomic E-state index is -1.12. The molecule has 0 saturated carbocycles. The zero-order valence-corrected chi connectivity index (χ0v) is 8.23. The van der Waals surface area contributed by atoms with Gasteiger partial charge in [-0.3, -0.25) is 4.79 Å². The molecule has 1 saturated heterocycles. The Morgan fingerprint density at radius 3 is 2.80 bits per heavy atom. The maximum Gasteiger partial charge on any atom is 0.328 e. The van der Waals surface area contributed by atoms with Crippen molar-refractivity contribution in [1.82, 2.24) is 10.2 Å². The average molecular weight is 216 g/mol. The lowest BCUT2D eigenvalue weighted by molar-refractivity contribution is -0.144. The molecule has 0 spiro atoms. The van der Waals surface area contributed by atoms with Crippen molar-refractivity contribution in [2.24, 2.45) is 0 Å². The van der Waals surface area contributed by atoms with Crippen LogP contribution in [-0.4, -0.2) is 53.7 Å². The number of ether oxygens (including phenoxy) is 1. The van der Waals surface area contributed by atoms with Crippen molar-refractivity contribution >= 4 is 18.0 Å². The second-order valence-corrected chi connectivity index (χ2v) is 3.03. The fourth-order valence-corrected chi connectivity index (χ4v) is 1.23. The summed E-state index contributed by atoms with van der Waals surface area (Å²) in [6, 6.07) is -1.51. The summed E-state index contributed by atoms with van der Waals surface area (Å²) in [4.78, 5) is 33.9. The van der Waals surface area contributed by atoms with Gasteiger partial charge >= 0.3 is 18.0 Å². The van der Waals surface area contributed by atoms with Crippen molar-refractivity contribution in [3.05, 3.63) is 0 Å².